The van der Waals surface area contributed by atoms with Crippen molar-refractivity contribution in [3.63, 3.8) is 0 Å². The zero-order valence-corrected chi connectivity index (χ0v) is 15.7. The number of hydrazone groups is 1. The Balaban J connectivity index is 1.47. The molecule has 136 valence electrons. The first-order valence-corrected chi connectivity index (χ1v) is 9.20. The van der Waals surface area contributed by atoms with Crippen LogP contribution in [-0.4, -0.2) is 37.6 Å². The van der Waals surface area contributed by atoms with E-state index in [1.165, 1.54) is 11.3 Å². The van der Waals surface area contributed by atoms with Crippen LogP contribution in [-0.2, 0) is 4.74 Å². The molecule has 2 aromatic rings. The monoisotopic (exact) mass is 368 g/mol. The Morgan fingerprint density at radius 2 is 1.81 bits per heavy atom. The van der Waals surface area contributed by atoms with Crippen LogP contribution in [0.1, 0.15) is 24.1 Å². The normalized spacial score (nSPS) is 15.7. The van der Waals surface area contributed by atoms with Gasteiger partial charge in [0.05, 0.1) is 25.5 Å². The van der Waals surface area contributed by atoms with E-state index >= 15 is 0 Å². The summed E-state index contributed by atoms with van der Waals surface area (Å²) in [7, 11) is 0. The number of ether oxygens (including phenoxy) is 1. The molecule has 2 aromatic carbocycles. The van der Waals surface area contributed by atoms with Gasteiger partial charge in [0, 0.05) is 18.8 Å². The van der Waals surface area contributed by atoms with Crippen LogP contribution in [0.3, 0.4) is 0 Å². The summed E-state index contributed by atoms with van der Waals surface area (Å²) in [5, 5.41) is 7.94. The molecule has 5 nitrogen and oxygen atoms in total. The molecule has 0 spiro atoms. The van der Waals surface area contributed by atoms with Crippen molar-refractivity contribution in [3.8, 4) is 0 Å². The summed E-state index contributed by atoms with van der Waals surface area (Å²) in [5.74, 6) is 0. The first-order chi connectivity index (χ1) is 12.7. The number of hydrogen-bond donors (Lipinski definition) is 2. The lowest BCUT2D eigenvalue weighted by Crippen LogP contribution is -2.36. The number of morpholine rings is 1. The zero-order chi connectivity index (χ0) is 18.2. The van der Waals surface area contributed by atoms with Gasteiger partial charge in [-0.25, -0.2) is 0 Å². The van der Waals surface area contributed by atoms with Crippen LogP contribution in [0.4, 0.5) is 5.69 Å². The maximum atomic E-state index is 5.39. The summed E-state index contributed by atoms with van der Waals surface area (Å²) in [6.45, 7) is 5.53. The van der Waals surface area contributed by atoms with Gasteiger partial charge in [-0.05, 0) is 42.4 Å². The van der Waals surface area contributed by atoms with E-state index in [-0.39, 0.29) is 6.04 Å². The fourth-order valence-electron chi connectivity index (χ4n) is 2.81. The summed E-state index contributed by atoms with van der Waals surface area (Å²) in [4.78, 5) is 2.33. The van der Waals surface area contributed by atoms with Crippen molar-refractivity contribution >= 4 is 29.2 Å². The van der Waals surface area contributed by atoms with Gasteiger partial charge in [-0.3, -0.25) is 5.43 Å². The van der Waals surface area contributed by atoms with Crippen molar-refractivity contribution in [2.24, 2.45) is 5.10 Å². The predicted octanol–water partition coefficient (Wildman–Crippen LogP) is 3.08. The van der Waals surface area contributed by atoms with Crippen LogP contribution >= 0.6 is 12.2 Å². The van der Waals surface area contributed by atoms with Crippen molar-refractivity contribution in [2.75, 3.05) is 31.2 Å². The SMILES string of the molecule is C[C@@H](NC(=S)N/N=C/c1ccc(N2CCOCC2)cc1)c1ccccc1. The lowest BCUT2D eigenvalue weighted by molar-refractivity contribution is 0.122. The van der Waals surface area contributed by atoms with Gasteiger partial charge in [0.15, 0.2) is 5.11 Å². The summed E-state index contributed by atoms with van der Waals surface area (Å²) in [5.41, 5.74) is 6.29. The molecule has 0 aliphatic carbocycles. The van der Waals surface area contributed by atoms with Gasteiger partial charge in [-0.1, -0.05) is 42.5 Å². The number of nitrogens with zero attached hydrogens (tertiary/aromatic N) is 2. The number of hydrogen-bond acceptors (Lipinski definition) is 4. The first kappa shape index (κ1) is 18.4. The third-order valence-corrected chi connectivity index (χ3v) is 4.51. The molecular formula is C20H24N4OS. The van der Waals surface area contributed by atoms with E-state index in [0.29, 0.717) is 5.11 Å². The molecule has 1 aliphatic rings. The highest BCUT2D eigenvalue weighted by Gasteiger charge is 2.10. The molecule has 1 fully saturated rings. The number of anilines is 1. The predicted molar refractivity (Wildman–Crippen MR) is 111 cm³/mol. The highest BCUT2D eigenvalue weighted by atomic mass is 32.1. The number of nitrogens with one attached hydrogen (secondary N) is 2. The molecular weight excluding hydrogens is 344 g/mol. The van der Waals surface area contributed by atoms with E-state index in [0.717, 1.165) is 31.9 Å². The molecule has 2 N–H and O–H groups in total. The Hall–Kier alpha value is -2.44. The molecule has 0 aromatic heterocycles. The standard InChI is InChI=1S/C20H24N4OS/c1-16(18-5-3-2-4-6-18)22-20(26)23-21-15-17-7-9-19(10-8-17)24-11-13-25-14-12-24/h2-10,15-16H,11-14H2,1H3,(H2,22,23,26)/b21-15+/t16-/m1/s1. The molecule has 0 radical (unpaired) electrons. The van der Waals surface area contributed by atoms with Crippen molar-refractivity contribution in [3.05, 3.63) is 65.7 Å². The molecule has 1 atom stereocenters. The highest BCUT2D eigenvalue weighted by molar-refractivity contribution is 7.80. The van der Waals surface area contributed by atoms with E-state index < -0.39 is 0 Å². The van der Waals surface area contributed by atoms with Crippen molar-refractivity contribution < 1.29 is 4.74 Å². The third kappa shape index (κ3) is 5.28. The number of benzene rings is 2. The van der Waals surface area contributed by atoms with E-state index in [4.69, 9.17) is 17.0 Å². The summed E-state index contributed by atoms with van der Waals surface area (Å²) < 4.78 is 5.39. The van der Waals surface area contributed by atoms with Crippen molar-refractivity contribution in [1.82, 2.24) is 10.7 Å². The Morgan fingerprint density at radius 3 is 2.50 bits per heavy atom. The van der Waals surface area contributed by atoms with Crippen LogP contribution in [0.25, 0.3) is 0 Å². The fraction of sp³-hybridized carbons (Fsp3) is 0.300. The third-order valence-electron chi connectivity index (χ3n) is 4.30. The lowest BCUT2D eigenvalue weighted by Gasteiger charge is -2.28. The Kier molecular flexibility index (Phi) is 6.57. The fourth-order valence-corrected chi connectivity index (χ4v) is 3.04. The van der Waals surface area contributed by atoms with Crippen LogP contribution in [0, 0.1) is 0 Å². The largest absolute Gasteiger partial charge is 0.378 e. The van der Waals surface area contributed by atoms with Gasteiger partial charge >= 0.3 is 0 Å². The summed E-state index contributed by atoms with van der Waals surface area (Å²) >= 11 is 5.30. The smallest absolute Gasteiger partial charge is 0.187 e. The Labute approximate surface area is 160 Å². The van der Waals surface area contributed by atoms with Crippen LogP contribution in [0.5, 0.6) is 0 Å². The molecule has 0 amide bonds. The van der Waals surface area contributed by atoms with E-state index in [2.05, 4.69) is 64.1 Å². The second-order valence-electron chi connectivity index (χ2n) is 6.17. The maximum Gasteiger partial charge on any atom is 0.187 e. The van der Waals surface area contributed by atoms with Crippen molar-refractivity contribution in [1.29, 1.82) is 0 Å². The minimum absolute atomic E-state index is 0.124. The topological polar surface area (TPSA) is 48.9 Å². The second-order valence-corrected chi connectivity index (χ2v) is 6.58. The molecule has 1 saturated heterocycles. The molecule has 0 saturated carbocycles. The molecule has 1 aliphatic heterocycles. The van der Waals surface area contributed by atoms with Gasteiger partial charge < -0.3 is 15.0 Å². The molecule has 1 heterocycles. The maximum absolute atomic E-state index is 5.39. The van der Waals surface area contributed by atoms with Gasteiger partial charge in [0.2, 0.25) is 0 Å². The number of thiocarbonyl (C=S) groups is 1. The van der Waals surface area contributed by atoms with Crippen LogP contribution in [0.2, 0.25) is 0 Å². The minimum Gasteiger partial charge on any atom is -0.378 e. The van der Waals surface area contributed by atoms with E-state index in [9.17, 15) is 0 Å². The summed E-state index contributed by atoms with van der Waals surface area (Å²) in [6, 6.07) is 18.6. The average molecular weight is 369 g/mol. The van der Waals surface area contributed by atoms with E-state index in [1.54, 1.807) is 6.21 Å². The highest BCUT2D eigenvalue weighted by Crippen LogP contribution is 2.16. The number of rotatable bonds is 5. The first-order valence-electron chi connectivity index (χ1n) is 8.79. The molecule has 0 unspecified atom stereocenters. The second kappa shape index (κ2) is 9.31. The molecule has 6 heteroatoms. The van der Waals surface area contributed by atoms with Crippen LogP contribution < -0.4 is 15.6 Å². The van der Waals surface area contributed by atoms with Gasteiger partial charge in [0.25, 0.3) is 0 Å². The Bertz CT molecular complexity index is 727. The van der Waals surface area contributed by atoms with Gasteiger partial charge in [-0.15, -0.1) is 0 Å². The lowest BCUT2D eigenvalue weighted by atomic mass is 10.1. The minimum atomic E-state index is 0.124. The van der Waals surface area contributed by atoms with Gasteiger partial charge in [-0.2, -0.15) is 5.10 Å². The van der Waals surface area contributed by atoms with Crippen LogP contribution in [0.15, 0.2) is 59.7 Å². The van der Waals surface area contributed by atoms with Crippen molar-refractivity contribution in [2.45, 2.75) is 13.0 Å². The quantitative estimate of drug-likeness (QED) is 0.483. The molecule has 26 heavy (non-hydrogen) atoms. The van der Waals surface area contributed by atoms with E-state index in [1.807, 2.05) is 18.2 Å². The average Bonchev–Trinajstić information content (AvgIpc) is 2.70. The molecule has 3 rings (SSSR count). The zero-order valence-electron chi connectivity index (χ0n) is 14.9. The Morgan fingerprint density at radius 1 is 1.12 bits per heavy atom. The van der Waals surface area contributed by atoms with Gasteiger partial charge in [0.1, 0.15) is 0 Å². The molecule has 0 bridgehead atoms. The summed E-state index contributed by atoms with van der Waals surface area (Å²) in [6.07, 6.45) is 1.77.